The minimum atomic E-state index is 0.226. The van der Waals surface area contributed by atoms with Gasteiger partial charge in [-0.25, -0.2) is 0 Å². The number of methoxy groups -OCH3 is 1. The lowest BCUT2D eigenvalue weighted by molar-refractivity contribution is 0.414. The van der Waals surface area contributed by atoms with Crippen molar-refractivity contribution in [3.63, 3.8) is 0 Å². The third-order valence-corrected chi connectivity index (χ3v) is 2.64. The van der Waals surface area contributed by atoms with Crippen molar-refractivity contribution in [1.29, 1.82) is 0 Å². The fourth-order valence-electron chi connectivity index (χ4n) is 1.36. The van der Waals surface area contributed by atoms with Gasteiger partial charge in [0.1, 0.15) is 5.75 Å². The summed E-state index contributed by atoms with van der Waals surface area (Å²) in [5.41, 5.74) is 1.13. The van der Waals surface area contributed by atoms with E-state index in [0.29, 0.717) is 17.3 Å². The Balaban J connectivity index is 2.71. The molecule has 0 aliphatic rings. The van der Waals surface area contributed by atoms with E-state index >= 15 is 0 Å². The number of hydrogen-bond acceptors (Lipinski definition) is 2. The lowest BCUT2D eigenvalue weighted by Crippen LogP contribution is -2.18. The molecule has 16 heavy (non-hydrogen) atoms. The second kappa shape index (κ2) is 6.42. The number of hydrogen-bond donors (Lipinski definition) is 1. The summed E-state index contributed by atoms with van der Waals surface area (Å²) >= 11 is 6.05. The molecule has 0 amide bonds. The van der Waals surface area contributed by atoms with Gasteiger partial charge in [-0.2, -0.15) is 0 Å². The van der Waals surface area contributed by atoms with Crippen LogP contribution in [0.4, 0.5) is 0 Å². The van der Waals surface area contributed by atoms with Crippen LogP contribution in [0.1, 0.15) is 25.5 Å². The smallest absolute Gasteiger partial charge is 0.137 e. The molecule has 0 heterocycles. The molecule has 0 saturated heterocycles. The zero-order valence-corrected chi connectivity index (χ0v) is 10.6. The predicted molar refractivity (Wildman–Crippen MR) is 67.9 cm³/mol. The molecule has 1 aromatic carbocycles. The summed E-state index contributed by atoms with van der Waals surface area (Å²) in [5, 5.41) is 3.93. The van der Waals surface area contributed by atoms with Gasteiger partial charge in [0.15, 0.2) is 0 Å². The maximum Gasteiger partial charge on any atom is 0.137 e. The average molecular weight is 238 g/mol. The third kappa shape index (κ3) is 3.44. The molecule has 0 aliphatic heterocycles. The maximum atomic E-state index is 6.05. The topological polar surface area (TPSA) is 21.3 Å². The second-order valence-electron chi connectivity index (χ2n) is 3.42. The van der Waals surface area contributed by atoms with Gasteiger partial charge in [0.25, 0.3) is 0 Å². The van der Waals surface area contributed by atoms with Crippen molar-refractivity contribution in [2.45, 2.75) is 19.9 Å². The summed E-state index contributed by atoms with van der Waals surface area (Å²) in [6, 6.07) is 6.02. The Kier molecular flexibility index (Phi) is 5.18. The van der Waals surface area contributed by atoms with E-state index in [0.717, 1.165) is 5.56 Å². The van der Waals surface area contributed by atoms with E-state index in [1.54, 1.807) is 7.11 Å². The number of benzene rings is 1. The zero-order chi connectivity index (χ0) is 12.0. The van der Waals surface area contributed by atoms with Crippen LogP contribution < -0.4 is 10.1 Å². The van der Waals surface area contributed by atoms with E-state index < -0.39 is 0 Å². The number of rotatable bonds is 4. The molecule has 1 unspecified atom stereocenters. The molecule has 86 valence electrons. The van der Waals surface area contributed by atoms with Crippen molar-refractivity contribution in [2.24, 2.45) is 0 Å². The van der Waals surface area contributed by atoms with E-state index in [1.807, 2.05) is 25.1 Å². The molecule has 0 bridgehead atoms. The van der Waals surface area contributed by atoms with Gasteiger partial charge < -0.3 is 4.74 Å². The Hall–Kier alpha value is -1.17. The minimum absolute atomic E-state index is 0.226. The van der Waals surface area contributed by atoms with Crippen molar-refractivity contribution >= 4 is 11.6 Å². The normalized spacial score (nSPS) is 11.5. The van der Waals surface area contributed by atoms with Crippen molar-refractivity contribution in [3.8, 4) is 17.6 Å². The monoisotopic (exact) mass is 237 g/mol. The molecule has 3 heteroatoms. The highest BCUT2D eigenvalue weighted by atomic mass is 35.5. The lowest BCUT2D eigenvalue weighted by Gasteiger charge is -2.13. The summed E-state index contributed by atoms with van der Waals surface area (Å²) < 4.78 is 5.10. The number of halogens is 1. The zero-order valence-electron chi connectivity index (χ0n) is 9.80. The Morgan fingerprint density at radius 1 is 1.50 bits per heavy atom. The molecule has 0 saturated carbocycles. The first-order valence-electron chi connectivity index (χ1n) is 5.15. The minimum Gasteiger partial charge on any atom is -0.495 e. The Labute approximate surface area is 102 Å². The summed E-state index contributed by atoms with van der Waals surface area (Å²) in [6.07, 6.45) is 0. The van der Waals surface area contributed by atoms with Crippen LogP contribution in [-0.2, 0) is 0 Å². The molecule has 0 aliphatic carbocycles. The summed E-state index contributed by atoms with van der Waals surface area (Å²) in [4.78, 5) is 0. The van der Waals surface area contributed by atoms with Crippen LogP contribution in [0, 0.1) is 11.8 Å². The lowest BCUT2D eigenvalue weighted by atomic mass is 10.1. The first-order chi connectivity index (χ1) is 7.69. The molecule has 1 atom stereocenters. The van der Waals surface area contributed by atoms with Crippen LogP contribution in [0.15, 0.2) is 18.2 Å². The predicted octanol–water partition coefficient (Wildman–Crippen LogP) is 3.02. The quantitative estimate of drug-likeness (QED) is 0.813. The van der Waals surface area contributed by atoms with E-state index in [4.69, 9.17) is 16.3 Å². The Morgan fingerprint density at radius 3 is 2.81 bits per heavy atom. The molecule has 0 spiro atoms. The summed E-state index contributed by atoms with van der Waals surface area (Å²) in [6.45, 7) is 4.59. The van der Waals surface area contributed by atoms with E-state index in [1.165, 1.54) is 0 Å². The summed E-state index contributed by atoms with van der Waals surface area (Å²) in [7, 11) is 1.61. The Morgan fingerprint density at radius 2 is 2.25 bits per heavy atom. The first-order valence-corrected chi connectivity index (χ1v) is 5.53. The van der Waals surface area contributed by atoms with Crippen molar-refractivity contribution in [2.75, 3.05) is 13.7 Å². The van der Waals surface area contributed by atoms with Crippen molar-refractivity contribution < 1.29 is 4.74 Å². The molecule has 0 radical (unpaired) electrons. The molecular formula is C13H16ClNO. The van der Waals surface area contributed by atoms with Gasteiger partial charge in [-0.3, -0.25) is 5.32 Å². The van der Waals surface area contributed by atoms with Crippen LogP contribution in [-0.4, -0.2) is 13.7 Å². The van der Waals surface area contributed by atoms with E-state index in [9.17, 15) is 0 Å². The molecule has 0 aromatic heterocycles. The van der Waals surface area contributed by atoms with Gasteiger partial charge in [-0.1, -0.05) is 23.6 Å². The molecule has 1 N–H and O–H groups in total. The largest absolute Gasteiger partial charge is 0.495 e. The van der Waals surface area contributed by atoms with Crippen LogP contribution in [0.25, 0.3) is 0 Å². The van der Waals surface area contributed by atoms with Crippen molar-refractivity contribution in [3.05, 3.63) is 28.8 Å². The van der Waals surface area contributed by atoms with Crippen LogP contribution >= 0.6 is 11.6 Å². The molecule has 1 rings (SSSR count). The highest BCUT2D eigenvalue weighted by Crippen LogP contribution is 2.27. The molecule has 0 fully saturated rings. The Bertz CT molecular complexity index is 406. The second-order valence-corrected chi connectivity index (χ2v) is 3.83. The molecule has 2 nitrogen and oxygen atoms in total. The fourth-order valence-corrected chi connectivity index (χ4v) is 1.63. The van der Waals surface area contributed by atoms with E-state index in [2.05, 4.69) is 24.1 Å². The first kappa shape index (κ1) is 12.9. The number of ether oxygens (including phenoxy) is 1. The van der Waals surface area contributed by atoms with Gasteiger partial charge in [-0.15, -0.1) is 5.92 Å². The third-order valence-electron chi connectivity index (χ3n) is 2.35. The highest BCUT2D eigenvalue weighted by Gasteiger charge is 2.07. The van der Waals surface area contributed by atoms with Crippen molar-refractivity contribution in [1.82, 2.24) is 5.32 Å². The van der Waals surface area contributed by atoms with Gasteiger partial charge in [0, 0.05) is 6.04 Å². The molecule has 1 aromatic rings. The summed E-state index contributed by atoms with van der Waals surface area (Å²) in [5.74, 6) is 6.51. The van der Waals surface area contributed by atoms with Crippen LogP contribution in [0.5, 0.6) is 5.75 Å². The SMILES string of the molecule is CC#CCNC(C)c1ccc(OC)c(Cl)c1. The van der Waals surface area contributed by atoms with Crippen LogP contribution in [0.3, 0.4) is 0 Å². The maximum absolute atomic E-state index is 6.05. The molecular weight excluding hydrogens is 222 g/mol. The van der Waals surface area contributed by atoms with Crippen LogP contribution in [0.2, 0.25) is 5.02 Å². The standard InChI is InChI=1S/C13H16ClNO/c1-4-5-8-15-10(2)11-6-7-13(16-3)12(14)9-11/h6-7,9-10,15H,8H2,1-3H3. The van der Waals surface area contributed by atoms with Gasteiger partial charge in [0.05, 0.1) is 18.7 Å². The number of nitrogens with one attached hydrogen (secondary N) is 1. The fraction of sp³-hybridized carbons (Fsp3) is 0.385. The van der Waals surface area contributed by atoms with Gasteiger partial charge in [0.2, 0.25) is 0 Å². The van der Waals surface area contributed by atoms with Gasteiger partial charge in [-0.05, 0) is 31.5 Å². The van der Waals surface area contributed by atoms with Gasteiger partial charge >= 0.3 is 0 Å². The van der Waals surface area contributed by atoms with E-state index in [-0.39, 0.29) is 6.04 Å². The highest BCUT2D eigenvalue weighted by molar-refractivity contribution is 6.32. The average Bonchev–Trinajstić information content (AvgIpc) is 2.29.